The number of rotatable bonds is 10. The molecule has 9 nitrogen and oxygen atoms in total. The third-order valence-corrected chi connectivity index (χ3v) is 5.92. The van der Waals surface area contributed by atoms with Crippen molar-refractivity contribution in [1.29, 1.82) is 0 Å². The Morgan fingerprint density at radius 2 is 1.86 bits per heavy atom. The Bertz CT molecular complexity index is 1200. The molecule has 3 heterocycles. The predicted molar refractivity (Wildman–Crippen MR) is 126 cm³/mol. The molecule has 0 aliphatic heterocycles. The first kappa shape index (κ1) is 26.4. The van der Waals surface area contributed by atoms with Gasteiger partial charge in [-0.25, -0.2) is 19.9 Å². The maximum Gasteiger partial charge on any atom is 0.418 e. The van der Waals surface area contributed by atoms with Gasteiger partial charge < -0.3 is 15.5 Å². The molecule has 186 valence electrons. The molecular formula is C21H21ClF3N7O2S. The van der Waals surface area contributed by atoms with Crippen LogP contribution in [0.15, 0.2) is 30.9 Å². The van der Waals surface area contributed by atoms with Gasteiger partial charge in [-0.05, 0) is 20.2 Å². The first-order valence-electron chi connectivity index (χ1n) is 10.3. The van der Waals surface area contributed by atoms with Crippen molar-refractivity contribution in [2.75, 3.05) is 37.8 Å². The molecule has 0 aliphatic rings. The van der Waals surface area contributed by atoms with Crippen molar-refractivity contribution >= 4 is 46.3 Å². The van der Waals surface area contributed by atoms with Crippen LogP contribution >= 0.6 is 22.9 Å². The third-order valence-electron chi connectivity index (χ3n) is 4.56. The highest BCUT2D eigenvalue weighted by Crippen LogP contribution is 2.35. The van der Waals surface area contributed by atoms with Gasteiger partial charge in [-0.1, -0.05) is 11.6 Å². The van der Waals surface area contributed by atoms with Crippen LogP contribution in [0.25, 0.3) is 0 Å². The van der Waals surface area contributed by atoms with Crippen LogP contribution in [0.5, 0.6) is 0 Å². The number of hydrogen-bond acceptors (Lipinski definition) is 9. The number of likely N-dealkylation sites (N-methyl/N-ethyl adjacent to an activating group) is 1. The van der Waals surface area contributed by atoms with Crippen LogP contribution in [0.1, 0.15) is 37.2 Å². The smallest absolute Gasteiger partial charge is 0.369 e. The van der Waals surface area contributed by atoms with Crippen molar-refractivity contribution in [3.63, 3.8) is 0 Å². The second-order valence-corrected chi connectivity index (χ2v) is 9.08. The minimum Gasteiger partial charge on any atom is -0.369 e. The van der Waals surface area contributed by atoms with Gasteiger partial charge in [0.25, 0.3) is 5.91 Å². The van der Waals surface area contributed by atoms with Crippen LogP contribution in [-0.2, 0) is 12.6 Å². The molecule has 0 fully saturated rings. The highest BCUT2D eigenvalue weighted by atomic mass is 35.5. The van der Waals surface area contributed by atoms with Gasteiger partial charge in [0.05, 0.1) is 21.8 Å². The molecule has 3 aromatic rings. The zero-order valence-corrected chi connectivity index (χ0v) is 20.3. The Hall–Kier alpha value is -3.16. The minimum atomic E-state index is -4.68. The predicted octanol–water partition coefficient (Wildman–Crippen LogP) is 4.04. The average molecular weight is 528 g/mol. The van der Waals surface area contributed by atoms with E-state index in [1.165, 1.54) is 12.5 Å². The van der Waals surface area contributed by atoms with Gasteiger partial charge in [0.1, 0.15) is 28.5 Å². The van der Waals surface area contributed by atoms with Crippen molar-refractivity contribution in [3.05, 3.63) is 57.0 Å². The molecule has 0 aliphatic carbocycles. The molecule has 14 heteroatoms. The Morgan fingerprint density at radius 1 is 1.09 bits per heavy atom. The van der Waals surface area contributed by atoms with Crippen LogP contribution in [0.2, 0.25) is 5.02 Å². The molecule has 0 bridgehead atoms. The molecule has 0 atom stereocenters. The van der Waals surface area contributed by atoms with E-state index in [-0.39, 0.29) is 35.0 Å². The van der Waals surface area contributed by atoms with Gasteiger partial charge in [-0.3, -0.25) is 9.59 Å². The fourth-order valence-corrected chi connectivity index (χ4v) is 3.82. The van der Waals surface area contributed by atoms with Crippen molar-refractivity contribution < 1.29 is 22.8 Å². The van der Waals surface area contributed by atoms with Gasteiger partial charge in [0.15, 0.2) is 5.78 Å². The first-order valence-corrected chi connectivity index (χ1v) is 11.4. The van der Waals surface area contributed by atoms with E-state index >= 15 is 0 Å². The first-order chi connectivity index (χ1) is 16.5. The number of nitrogens with zero attached hydrogens (tertiary/aromatic N) is 5. The second kappa shape index (κ2) is 11.5. The number of nitrogens with one attached hydrogen (secondary N) is 2. The van der Waals surface area contributed by atoms with E-state index in [9.17, 15) is 22.8 Å². The molecule has 3 aromatic heterocycles. The summed E-state index contributed by atoms with van der Waals surface area (Å²) < 4.78 is 39.0. The van der Waals surface area contributed by atoms with Gasteiger partial charge in [-0.15, -0.1) is 11.3 Å². The van der Waals surface area contributed by atoms with Crippen LogP contribution in [0.3, 0.4) is 0 Å². The minimum absolute atomic E-state index is 0.108. The van der Waals surface area contributed by atoms with Crippen LogP contribution in [0.4, 0.5) is 24.8 Å². The summed E-state index contributed by atoms with van der Waals surface area (Å²) in [5, 5.41) is 5.37. The number of carbonyl (C=O) groups is 2. The van der Waals surface area contributed by atoms with Gasteiger partial charge >= 0.3 is 6.18 Å². The third kappa shape index (κ3) is 7.67. The number of anilines is 2. The SMILES string of the molecule is CN(C)CCNc1cc(C(=O)CCc2ncc(C(=O)Nc3cc(C(F)(F)F)c(Cl)cn3)s2)ncn1. The highest BCUT2D eigenvalue weighted by molar-refractivity contribution is 7.13. The van der Waals surface area contributed by atoms with Gasteiger partial charge in [-0.2, -0.15) is 13.2 Å². The number of hydrogen-bond donors (Lipinski definition) is 2. The molecule has 0 unspecified atom stereocenters. The number of aromatic nitrogens is 4. The lowest BCUT2D eigenvalue weighted by molar-refractivity contribution is -0.137. The van der Waals surface area contributed by atoms with Crippen molar-refractivity contribution in [3.8, 4) is 0 Å². The highest BCUT2D eigenvalue weighted by Gasteiger charge is 2.34. The molecule has 35 heavy (non-hydrogen) atoms. The van der Waals surface area contributed by atoms with E-state index < -0.39 is 22.7 Å². The number of Topliss-reactive ketones (excluding diaryl/α,β-unsaturated/α-hetero) is 1. The van der Waals surface area contributed by atoms with E-state index in [0.29, 0.717) is 23.4 Å². The number of thiazole rings is 1. The van der Waals surface area contributed by atoms with E-state index in [4.69, 9.17) is 11.6 Å². The molecule has 0 saturated heterocycles. The lowest BCUT2D eigenvalue weighted by atomic mass is 10.1. The molecule has 0 spiro atoms. The quantitative estimate of drug-likeness (QED) is 0.380. The molecular weight excluding hydrogens is 507 g/mol. The van der Waals surface area contributed by atoms with Gasteiger partial charge in [0.2, 0.25) is 0 Å². The normalized spacial score (nSPS) is 11.5. The summed E-state index contributed by atoms with van der Waals surface area (Å²) in [6.45, 7) is 1.45. The lowest BCUT2D eigenvalue weighted by Crippen LogP contribution is -2.21. The lowest BCUT2D eigenvalue weighted by Gasteiger charge is -2.10. The van der Waals surface area contributed by atoms with Crippen molar-refractivity contribution in [2.24, 2.45) is 0 Å². The summed E-state index contributed by atoms with van der Waals surface area (Å²) in [7, 11) is 3.89. The number of ketones is 1. The van der Waals surface area contributed by atoms with Gasteiger partial charge in [0, 0.05) is 38.2 Å². The molecule has 0 radical (unpaired) electrons. The van der Waals surface area contributed by atoms with Crippen LogP contribution in [0, 0.1) is 0 Å². The number of carbonyl (C=O) groups excluding carboxylic acids is 2. The fourth-order valence-electron chi connectivity index (χ4n) is 2.80. The summed E-state index contributed by atoms with van der Waals surface area (Å²) in [6.07, 6.45) is -0.891. The van der Waals surface area contributed by atoms with Crippen LogP contribution < -0.4 is 10.6 Å². The summed E-state index contributed by atoms with van der Waals surface area (Å²) in [4.78, 5) is 43.1. The fraction of sp³-hybridized carbons (Fsp3) is 0.333. The number of alkyl halides is 3. The summed E-state index contributed by atoms with van der Waals surface area (Å²) in [6, 6.07) is 2.24. The number of aryl methyl sites for hydroxylation is 1. The summed E-state index contributed by atoms with van der Waals surface area (Å²) >= 11 is 6.57. The van der Waals surface area contributed by atoms with E-state index in [2.05, 4.69) is 30.6 Å². The molecule has 0 saturated carbocycles. The molecule has 0 aromatic carbocycles. The maximum absolute atomic E-state index is 13.0. The van der Waals surface area contributed by atoms with E-state index in [1.54, 1.807) is 6.07 Å². The summed E-state index contributed by atoms with van der Waals surface area (Å²) in [5.74, 6) is -0.639. The number of pyridine rings is 1. The largest absolute Gasteiger partial charge is 0.418 e. The summed E-state index contributed by atoms with van der Waals surface area (Å²) in [5.41, 5.74) is -0.843. The topological polar surface area (TPSA) is 113 Å². The Morgan fingerprint density at radius 3 is 2.57 bits per heavy atom. The molecule has 2 N–H and O–H groups in total. The zero-order valence-electron chi connectivity index (χ0n) is 18.7. The Kier molecular flexibility index (Phi) is 8.70. The Balaban J connectivity index is 1.57. The molecule has 3 rings (SSSR count). The van der Waals surface area contributed by atoms with Crippen LogP contribution in [-0.4, -0.2) is 63.7 Å². The van der Waals surface area contributed by atoms with E-state index in [0.717, 1.165) is 24.1 Å². The van der Waals surface area contributed by atoms with Crippen molar-refractivity contribution in [1.82, 2.24) is 24.8 Å². The average Bonchev–Trinajstić information content (AvgIpc) is 3.27. The number of halogens is 4. The monoisotopic (exact) mass is 527 g/mol. The van der Waals surface area contributed by atoms with Crippen molar-refractivity contribution in [2.45, 2.75) is 19.0 Å². The van der Waals surface area contributed by atoms with E-state index in [1.807, 2.05) is 19.0 Å². The number of amides is 1. The standard InChI is InChI=1S/C21H21ClF3N7O2S/c1-32(2)6-5-26-17-8-14(29-11-30-17)15(33)3-4-19-28-10-16(35-19)20(34)31-18-7-12(21(23,24)25)13(22)9-27-18/h7-11H,3-6H2,1-2H3,(H,26,29,30)(H,27,31,34). The zero-order chi connectivity index (χ0) is 25.6. The maximum atomic E-state index is 13.0. The Labute approximate surface area is 207 Å². The molecule has 1 amide bonds. The second-order valence-electron chi connectivity index (χ2n) is 7.56.